The molecule has 1 atom stereocenters. The summed E-state index contributed by atoms with van der Waals surface area (Å²) in [5.41, 5.74) is 0.997. The SMILES string of the molecule is C#CCC(CC)NS(=O)(=O)c1ccc(C)cc1Br. The Balaban J connectivity index is 3.03. The second-order valence-electron chi connectivity index (χ2n) is 4.07. The number of nitrogens with one attached hydrogen (secondary N) is 1. The van der Waals surface area contributed by atoms with E-state index in [-0.39, 0.29) is 10.9 Å². The molecule has 1 rings (SSSR count). The van der Waals surface area contributed by atoms with Gasteiger partial charge >= 0.3 is 0 Å². The summed E-state index contributed by atoms with van der Waals surface area (Å²) in [4.78, 5) is 0.239. The van der Waals surface area contributed by atoms with E-state index >= 15 is 0 Å². The molecule has 3 nitrogen and oxygen atoms in total. The van der Waals surface area contributed by atoms with Gasteiger partial charge in [0, 0.05) is 16.9 Å². The normalized spacial score (nSPS) is 13.0. The largest absolute Gasteiger partial charge is 0.241 e. The van der Waals surface area contributed by atoms with Gasteiger partial charge in [0.15, 0.2) is 0 Å². The van der Waals surface area contributed by atoms with Gasteiger partial charge in [-0.1, -0.05) is 13.0 Å². The molecule has 0 heterocycles. The summed E-state index contributed by atoms with van der Waals surface area (Å²) in [6.07, 6.45) is 6.27. The standard InChI is InChI=1S/C13H16BrNO2S/c1-4-6-11(5-2)15-18(16,17)13-8-7-10(3)9-12(13)14/h1,7-9,11,15H,5-6H2,2-3H3. The maximum absolute atomic E-state index is 12.2. The number of aryl methyl sites for hydroxylation is 1. The van der Waals surface area contributed by atoms with Gasteiger partial charge in [-0.15, -0.1) is 12.3 Å². The fourth-order valence-corrected chi connectivity index (χ4v) is 4.03. The Morgan fingerprint density at radius 1 is 1.50 bits per heavy atom. The Hall–Kier alpha value is -0.830. The molecule has 0 bridgehead atoms. The topological polar surface area (TPSA) is 46.2 Å². The van der Waals surface area contributed by atoms with Crippen LogP contribution in [-0.2, 0) is 10.0 Å². The lowest BCUT2D eigenvalue weighted by Gasteiger charge is -2.15. The second kappa shape index (κ2) is 6.37. The number of hydrogen-bond acceptors (Lipinski definition) is 2. The smallest absolute Gasteiger partial charge is 0.207 e. The number of hydrogen-bond donors (Lipinski definition) is 1. The van der Waals surface area contributed by atoms with Crippen LogP contribution in [0, 0.1) is 19.3 Å². The lowest BCUT2D eigenvalue weighted by Crippen LogP contribution is -2.34. The van der Waals surface area contributed by atoms with E-state index in [4.69, 9.17) is 6.42 Å². The molecule has 18 heavy (non-hydrogen) atoms. The highest BCUT2D eigenvalue weighted by Crippen LogP contribution is 2.23. The zero-order valence-corrected chi connectivity index (χ0v) is 12.8. The van der Waals surface area contributed by atoms with Crippen molar-refractivity contribution in [3.8, 4) is 12.3 Å². The van der Waals surface area contributed by atoms with Crippen LogP contribution >= 0.6 is 15.9 Å². The van der Waals surface area contributed by atoms with E-state index in [1.54, 1.807) is 18.2 Å². The first-order valence-electron chi connectivity index (χ1n) is 5.62. The monoisotopic (exact) mass is 329 g/mol. The van der Waals surface area contributed by atoms with E-state index in [0.717, 1.165) is 5.56 Å². The molecule has 1 aromatic carbocycles. The summed E-state index contributed by atoms with van der Waals surface area (Å²) in [5, 5.41) is 0. The molecule has 98 valence electrons. The highest BCUT2D eigenvalue weighted by Gasteiger charge is 2.20. The molecule has 0 aliphatic carbocycles. The van der Waals surface area contributed by atoms with Gasteiger partial charge < -0.3 is 0 Å². The number of benzene rings is 1. The minimum atomic E-state index is -3.53. The predicted molar refractivity (Wildman–Crippen MR) is 76.7 cm³/mol. The van der Waals surface area contributed by atoms with Gasteiger partial charge in [0.25, 0.3) is 0 Å². The summed E-state index contributed by atoms with van der Waals surface area (Å²) in [6, 6.07) is 4.90. The maximum Gasteiger partial charge on any atom is 0.241 e. The first kappa shape index (κ1) is 15.2. The van der Waals surface area contributed by atoms with Crippen molar-refractivity contribution in [2.24, 2.45) is 0 Å². The third-order valence-corrected chi connectivity index (χ3v) is 5.05. The summed E-state index contributed by atoms with van der Waals surface area (Å²) < 4.78 is 27.6. The second-order valence-corrected chi connectivity index (χ2v) is 6.61. The fourth-order valence-electron chi connectivity index (χ4n) is 1.52. The molecule has 1 N–H and O–H groups in total. The number of terminal acetylenes is 1. The quantitative estimate of drug-likeness (QED) is 0.844. The first-order valence-corrected chi connectivity index (χ1v) is 7.90. The molecule has 0 saturated heterocycles. The van der Waals surface area contributed by atoms with Crippen molar-refractivity contribution in [2.75, 3.05) is 0 Å². The summed E-state index contributed by atoms with van der Waals surface area (Å²) in [6.45, 7) is 3.80. The average Bonchev–Trinajstić information content (AvgIpc) is 2.27. The molecular formula is C13H16BrNO2S. The fraction of sp³-hybridized carbons (Fsp3) is 0.385. The Morgan fingerprint density at radius 2 is 2.17 bits per heavy atom. The van der Waals surface area contributed by atoms with Gasteiger partial charge in [-0.3, -0.25) is 0 Å². The lowest BCUT2D eigenvalue weighted by atomic mass is 10.2. The number of halogens is 1. The molecule has 0 saturated carbocycles. The van der Waals surface area contributed by atoms with E-state index in [1.807, 2.05) is 13.8 Å². The third-order valence-electron chi connectivity index (χ3n) is 2.56. The third kappa shape index (κ3) is 3.84. The molecule has 0 aromatic heterocycles. The van der Waals surface area contributed by atoms with Crippen LogP contribution in [0.2, 0.25) is 0 Å². The lowest BCUT2D eigenvalue weighted by molar-refractivity contribution is 0.543. The zero-order valence-electron chi connectivity index (χ0n) is 10.4. The van der Waals surface area contributed by atoms with Crippen molar-refractivity contribution in [1.29, 1.82) is 0 Å². The Labute approximate surface area is 117 Å². The highest BCUT2D eigenvalue weighted by molar-refractivity contribution is 9.10. The molecule has 0 spiro atoms. The maximum atomic E-state index is 12.2. The van der Waals surface area contributed by atoms with Crippen molar-refractivity contribution in [1.82, 2.24) is 4.72 Å². The molecule has 5 heteroatoms. The molecule has 0 radical (unpaired) electrons. The molecule has 0 amide bonds. The molecule has 0 aliphatic heterocycles. The van der Waals surface area contributed by atoms with Crippen molar-refractivity contribution in [3.05, 3.63) is 28.2 Å². The molecule has 1 aromatic rings. The number of sulfonamides is 1. The van der Waals surface area contributed by atoms with Crippen LogP contribution in [-0.4, -0.2) is 14.5 Å². The molecule has 0 fully saturated rings. The van der Waals surface area contributed by atoms with Gasteiger partial charge in [0.1, 0.15) is 0 Å². The molecule has 1 unspecified atom stereocenters. The van der Waals surface area contributed by atoms with Crippen LogP contribution in [0.1, 0.15) is 25.3 Å². The van der Waals surface area contributed by atoms with Crippen LogP contribution in [0.15, 0.2) is 27.6 Å². The first-order chi connectivity index (χ1) is 8.40. The Bertz CT molecular complexity index is 561. The Kier molecular flexibility index (Phi) is 5.39. The van der Waals surface area contributed by atoms with E-state index in [1.165, 1.54) is 0 Å². The van der Waals surface area contributed by atoms with Gasteiger partial charge in [0.05, 0.1) is 4.90 Å². The summed E-state index contributed by atoms with van der Waals surface area (Å²) in [5.74, 6) is 2.48. The molecular weight excluding hydrogens is 314 g/mol. The molecule has 0 aliphatic rings. The van der Waals surface area contributed by atoms with Crippen molar-refractivity contribution < 1.29 is 8.42 Å². The minimum absolute atomic E-state index is 0.229. The Morgan fingerprint density at radius 3 is 2.67 bits per heavy atom. The van der Waals surface area contributed by atoms with E-state index in [2.05, 4.69) is 26.6 Å². The zero-order chi connectivity index (χ0) is 13.8. The van der Waals surface area contributed by atoms with Crippen LogP contribution in [0.4, 0.5) is 0 Å². The van der Waals surface area contributed by atoms with Gasteiger partial charge in [-0.05, 0) is 47.0 Å². The van der Waals surface area contributed by atoms with E-state index in [0.29, 0.717) is 17.3 Å². The van der Waals surface area contributed by atoms with Gasteiger partial charge in [-0.25, -0.2) is 13.1 Å². The van der Waals surface area contributed by atoms with Gasteiger partial charge in [-0.2, -0.15) is 0 Å². The van der Waals surface area contributed by atoms with E-state index < -0.39 is 10.0 Å². The highest BCUT2D eigenvalue weighted by atomic mass is 79.9. The van der Waals surface area contributed by atoms with Crippen LogP contribution in [0.25, 0.3) is 0 Å². The minimum Gasteiger partial charge on any atom is -0.207 e. The van der Waals surface area contributed by atoms with E-state index in [9.17, 15) is 8.42 Å². The predicted octanol–water partition coefficient (Wildman–Crippen LogP) is 2.84. The van der Waals surface area contributed by atoms with Crippen LogP contribution in [0.5, 0.6) is 0 Å². The van der Waals surface area contributed by atoms with Crippen molar-refractivity contribution in [2.45, 2.75) is 37.6 Å². The average molecular weight is 330 g/mol. The number of rotatable bonds is 5. The summed E-state index contributed by atoms with van der Waals surface area (Å²) in [7, 11) is -3.53. The van der Waals surface area contributed by atoms with Crippen LogP contribution < -0.4 is 4.72 Å². The van der Waals surface area contributed by atoms with Crippen LogP contribution in [0.3, 0.4) is 0 Å². The van der Waals surface area contributed by atoms with Crippen molar-refractivity contribution in [3.63, 3.8) is 0 Å². The van der Waals surface area contributed by atoms with Crippen molar-refractivity contribution >= 4 is 26.0 Å². The summed E-state index contributed by atoms with van der Waals surface area (Å²) >= 11 is 3.27. The van der Waals surface area contributed by atoms with Gasteiger partial charge in [0.2, 0.25) is 10.0 Å².